The highest BCUT2D eigenvalue weighted by atomic mass is 19.1. The number of nitrogens with zero attached hydrogens (tertiary/aromatic N) is 2. The first kappa shape index (κ1) is 12.5. The van der Waals surface area contributed by atoms with Crippen LogP contribution in [0.4, 0.5) is 4.39 Å². The van der Waals surface area contributed by atoms with E-state index in [1.807, 2.05) is 27.0 Å². The van der Waals surface area contributed by atoms with Gasteiger partial charge >= 0.3 is 0 Å². The van der Waals surface area contributed by atoms with Crippen molar-refractivity contribution >= 4 is 6.29 Å². The van der Waals surface area contributed by atoms with Gasteiger partial charge in [-0.15, -0.1) is 0 Å². The number of aldehydes is 1. The fourth-order valence-corrected chi connectivity index (χ4v) is 1.83. The van der Waals surface area contributed by atoms with E-state index in [9.17, 15) is 9.18 Å². The van der Waals surface area contributed by atoms with Gasteiger partial charge in [0.1, 0.15) is 12.1 Å². The van der Waals surface area contributed by atoms with Crippen molar-refractivity contribution in [2.45, 2.75) is 26.8 Å². The number of rotatable bonds is 3. The molecule has 4 heteroatoms. The molecule has 0 radical (unpaired) electrons. The van der Waals surface area contributed by atoms with E-state index in [2.05, 4.69) is 5.10 Å². The molecule has 1 aromatic carbocycles. The Bertz CT molecular complexity index is 587. The minimum Gasteiger partial charge on any atom is -0.298 e. The Morgan fingerprint density at radius 2 is 2.06 bits per heavy atom. The van der Waals surface area contributed by atoms with E-state index >= 15 is 0 Å². The summed E-state index contributed by atoms with van der Waals surface area (Å²) in [7, 11) is 0. The molecular formula is C14H15FN2O. The van der Waals surface area contributed by atoms with Crippen LogP contribution < -0.4 is 0 Å². The summed E-state index contributed by atoms with van der Waals surface area (Å²) in [6, 6.07) is 4.70. The summed E-state index contributed by atoms with van der Waals surface area (Å²) in [6.45, 7) is 5.88. The molecule has 0 saturated carbocycles. The fraction of sp³-hybridized carbons (Fsp3) is 0.286. The van der Waals surface area contributed by atoms with Crippen molar-refractivity contribution in [3.05, 3.63) is 41.5 Å². The number of carbonyl (C=O) groups is 1. The summed E-state index contributed by atoms with van der Waals surface area (Å²) in [5.74, 6) is -0.397. The van der Waals surface area contributed by atoms with Crippen molar-refractivity contribution in [3.8, 4) is 11.1 Å². The SMILES string of the molecule is Cc1nn(C(C)C)cc1-c1ccc(C=O)cc1F. The van der Waals surface area contributed by atoms with E-state index in [4.69, 9.17) is 0 Å². The lowest BCUT2D eigenvalue weighted by atomic mass is 10.0. The molecule has 1 heterocycles. The average Bonchev–Trinajstić information content (AvgIpc) is 2.71. The van der Waals surface area contributed by atoms with E-state index in [1.54, 1.807) is 16.8 Å². The van der Waals surface area contributed by atoms with Crippen LogP contribution in [0.5, 0.6) is 0 Å². The molecule has 0 atom stereocenters. The van der Waals surface area contributed by atoms with Crippen molar-refractivity contribution in [2.75, 3.05) is 0 Å². The van der Waals surface area contributed by atoms with Crippen molar-refractivity contribution in [1.82, 2.24) is 9.78 Å². The van der Waals surface area contributed by atoms with Gasteiger partial charge in [-0.05, 0) is 26.8 Å². The van der Waals surface area contributed by atoms with Crippen LogP contribution in [0.3, 0.4) is 0 Å². The highest BCUT2D eigenvalue weighted by Gasteiger charge is 2.13. The second kappa shape index (κ2) is 4.72. The molecule has 0 bridgehead atoms. The first-order valence-electron chi connectivity index (χ1n) is 5.83. The summed E-state index contributed by atoms with van der Waals surface area (Å²) < 4.78 is 15.7. The summed E-state index contributed by atoms with van der Waals surface area (Å²) in [4.78, 5) is 10.6. The van der Waals surface area contributed by atoms with Crippen LogP contribution in [0, 0.1) is 12.7 Å². The third-order valence-corrected chi connectivity index (χ3v) is 2.87. The number of hydrogen-bond acceptors (Lipinski definition) is 2. The van der Waals surface area contributed by atoms with Gasteiger partial charge in [0.2, 0.25) is 0 Å². The van der Waals surface area contributed by atoms with Crippen molar-refractivity contribution < 1.29 is 9.18 Å². The Morgan fingerprint density at radius 1 is 1.33 bits per heavy atom. The zero-order valence-electron chi connectivity index (χ0n) is 10.6. The lowest BCUT2D eigenvalue weighted by molar-refractivity contribution is 0.112. The molecule has 3 nitrogen and oxygen atoms in total. The molecule has 0 spiro atoms. The van der Waals surface area contributed by atoms with Crippen LogP contribution in [-0.4, -0.2) is 16.1 Å². The molecule has 0 fully saturated rings. The van der Waals surface area contributed by atoms with Crippen molar-refractivity contribution in [2.24, 2.45) is 0 Å². The standard InChI is InChI=1S/C14H15FN2O/c1-9(2)17-7-13(10(3)16-17)12-5-4-11(8-18)6-14(12)15/h4-9H,1-3H3. The maximum Gasteiger partial charge on any atom is 0.150 e. The van der Waals surface area contributed by atoms with Crippen LogP contribution >= 0.6 is 0 Å². The molecule has 2 aromatic rings. The number of benzene rings is 1. The molecule has 0 aliphatic carbocycles. The van der Waals surface area contributed by atoms with Gasteiger partial charge in [-0.2, -0.15) is 5.10 Å². The third-order valence-electron chi connectivity index (χ3n) is 2.87. The second-order valence-electron chi connectivity index (χ2n) is 4.56. The van der Waals surface area contributed by atoms with E-state index in [0.717, 1.165) is 11.3 Å². The van der Waals surface area contributed by atoms with Crippen LogP contribution in [0.25, 0.3) is 11.1 Å². The maximum absolute atomic E-state index is 13.9. The Morgan fingerprint density at radius 3 is 2.56 bits per heavy atom. The van der Waals surface area contributed by atoms with Gasteiger partial charge in [0.15, 0.2) is 0 Å². The van der Waals surface area contributed by atoms with Crippen LogP contribution in [0.1, 0.15) is 35.9 Å². The number of aromatic nitrogens is 2. The molecule has 0 N–H and O–H groups in total. The normalized spacial score (nSPS) is 10.9. The van der Waals surface area contributed by atoms with Gasteiger partial charge < -0.3 is 0 Å². The zero-order chi connectivity index (χ0) is 13.3. The number of hydrogen-bond donors (Lipinski definition) is 0. The summed E-state index contributed by atoms with van der Waals surface area (Å²) in [5.41, 5.74) is 2.36. The molecule has 0 aliphatic heterocycles. The maximum atomic E-state index is 13.9. The summed E-state index contributed by atoms with van der Waals surface area (Å²) in [6.07, 6.45) is 2.47. The van der Waals surface area contributed by atoms with Crippen molar-refractivity contribution in [1.29, 1.82) is 0 Å². The predicted octanol–water partition coefficient (Wildman–Crippen LogP) is 3.39. The molecule has 0 aliphatic rings. The van der Waals surface area contributed by atoms with Gasteiger partial charge in [-0.3, -0.25) is 9.48 Å². The van der Waals surface area contributed by atoms with Crippen LogP contribution in [-0.2, 0) is 0 Å². The van der Waals surface area contributed by atoms with E-state index < -0.39 is 5.82 Å². The van der Waals surface area contributed by atoms with Gasteiger partial charge in [-0.1, -0.05) is 12.1 Å². The topological polar surface area (TPSA) is 34.9 Å². The molecule has 0 saturated heterocycles. The molecule has 0 amide bonds. The quantitative estimate of drug-likeness (QED) is 0.778. The number of aryl methyl sites for hydroxylation is 1. The summed E-state index contributed by atoms with van der Waals surface area (Å²) in [5, 5.41) is 4.35. The highest BCUT2D eigenvalue weighted by molar-refractivity contribution is 5.77. The van der Waals surface area contributed by atoms with Crippen LogP contribution in [0.15, 0.2) is 24.4 Å². The Labute approximate surface area is 105 Å². The molecular weight excluding hydrogens is 231 g/mol. The average molecular weight is 246 g/mol. The minimum absolute atomic E-state index is 0.231. The third kappa shape index (κ3) is 2.18. The predicted molar refractivity (Wildman–Crippen MR) is 68.1 cm³/mol. The second-order valence-corrected chi connectivity index (χ2v) is 4.56. The molecule has 0 unspecified atom stereocenters. The van der Waals surface area contributed by atoms with Crippen molar-refractivity contribution in [3.63, 3.8) is 0 Å². The minimum atomic E-state index is -0.397. The molecule has 18 heavy (non-hydrogen) atoms. The number of carbonyl (C=O) groups excluding carboxylic acids is 1. The monoisotopic (exact) mass is 246 g/mol. The lowest BCUT2D eigenvalue weighted by Gasteiger charge is -2.03. The molecule has 94 valence electrons. The van der Waals surface area contributed by atoms with Gasteiger partial charge in [-0.25, -0.2) is 4.39 Å². The largest absolute Gasteiger partial charge is 0.298 e. The van der Waals surface area contributed by atoms with E-state index in [1.165, 1.54) is 6.07 Å². The van der Waals surface area contributed by atoms with Gasteiger partial charge in [0.05, 0.1) is 5.69 Å². The molecule has 2 rings (SSSR count). The van der Waals surface area contributed by atoms with Gasteiger partial charge in [0.25, 0.3) is 0 Å². The first-order valence-corrected chi connectivity index (χ1v) is 5.83. The Balaban J connectivity index is 2.51. The molecule has 1 aromatic heterocycles. The Kier molecular flexibility index (Phi) is 3.28. The first-order chi connectivity index (χ1) is 8.52. The smallest absolute Gasteiger partial charge is 0.150 e. The Hall–Kier alpha value is -1.97. The van der Waals surface area contributed by atoms with E-state index in [0.29, 0.717) is 17.4 Å². The highest BCUT2D eigenvalue weighted by Crippen LogP contribution is 2.26. The summed E-state index contributed by atoms with van der Waals surface area (Å²) >= 11 is 0. The van der Waals surface area contributed by atoms with E-state index in [-0.39, 0.29) is 6.04 Å². The number of halogens is 1. The lowest BCUT2D eigenvalue weighted by Crippen LogP contribution is -2.00. The fourth-order valence-electron chi connectivity index (χ4n) is 1.83. The van der Waals surface area contributed by atoms with Gasteiger partial charge in [0, 0.05) is 28.9 Å². The zero-order valence-corrected chi connectivity index (χ0v) is 10.6. The van der Waals surface area contributed by atoms with Crippen LogP contribution in [0.2, 0.25) is 0 Å².